The van der Waals surface area contributed by atoms with E-state index in [1.165, 1.54) is 0 Å². The maximum Gasteiger partial charge on any atom is 0.214 e. The van der Waals surface area contributed by atoms with Crippen molar-refractivity contribution in [3.63, 3.8) is 0 Å². The number of methoxy groups -OCH3 is 1. The van der Waals surface area contributed by atoms with Crippen LogP contribution in [0.25, 0.3) is 0 Å². The Balaban J connectivity index is 0.00000261. The molecule has 27 heavy (non-hydrogen) atoms. The first-order valence-electron chi connectivity index (χ1n) is 8.88. The number of halogens is 1. The van der Waals surface area contributed by atoms with Crippen molar-refractivity contribution in [2.75, 3.05) is 32.1 Å². The number of rotatable bonds is 5. The highest BCUT2D eigenvalue weighted by molar-refractivity contribution is 14.0. The largest absolute Gasteiger partial charge is 0.495 e. The molecule has 1 saturated heterocycles. The maximum atomic E-state index is 5.60. The van der Waals surface area contributed by atoms with Crippen molar-refractivity contribution in [1.29, 1.82) is 0 Å². The van der Waals surface area contributed by atoms with Crippen LogP contribution in [0.15, 0.2) is 33.7 Å². The highest BCUT2D eigenvalue weighted by Crippen LogP contribution is 2.30. The fourth-order valence-corrected chi connectivity index (χ4v) is 3.15. The van der Waals surface area contributed by atoms with Gasteiger partial charge in [0.15, 0.2) is 5.96 Å². The van der Waals surface area contributed by atoms with E-state index >= 15 is 0 Å². The molecule has 0 amide bonds. The first-order valence-corrected chi connectivity index (χ1v) is 8.88. The highest BCUT2D eigenvalue weighted by Gasteiger charge is 2.25. The molecule has 1 atom stereocenters. The van der Waals surface area contributed by atoms with Crippen LogP contribution in [0.5, 0.6) is 5.75 Å². The van der Waals surface area contributed by atoms with Gasteiger partial charge in [-0.25, -0.2) is 4.98 Å². The van der Waals surface area contributed by atoms with Crippen molar-refractivity contribution in [1.82, 2.24) is 15.6 Å². The van der Waals surface area contributed by atoms with E-state index in [2.05, 4.69) is 31.6 Å². The van der Waals surface area contributed by atoms with Crippen LogP contribution in [0.4, 0.5) is 5.69 Å². The quantitative estimate of drug-likeness (QED) is 0.386. The van der Waals surface area contributed by atoms with E-state index in [1.807, 2.05) is 32.0 Å². The number of anilines is 1. The predicted octanol–water partition coefficient (Wildman–Crippen LogP) is 2.86. The number of para-hydroxylation sites is 2. The molecule has 0 spiro atoms. The standard InChI is InChI=1S/C19H27N5O2.HI/c1-13-14(2)26-18(22-13)11-21-19(20-3)23-15-9-10-24(12-15)16-7-5-6-8-17(16)25-4;/h5-8,15H,9-12H2,1-4H3,(H2,20,21,23);1H. The summed E-state index contributed by atoms with van der Waals surface area (Å²) in [5, 5.41) is 6.75. The Morgan fingerprint density at radius 1 is 1.37 bits per heavy atom. The van der Waals surface area contributed by atoms with Crippen molar-refractivity contribution >= 4 is 35.6 Å². The topological polar surface area (TPSA) is 74.9 Å². The van der Waals surface area contributed by atoms with Crippen molar-refractivity contribution < 1.29 is 9.15 Å². The number of oxazole rings is 1. The fourth-order valence-electron chi connectivity index (χ4n) is 3.15. The van der Waals surface area contributed by atoms with Crippen LogP contribution >= 0.6 is 24.0 Å². The summed E-state index contributed by atoms with van der Waals surface area (Å²) in [6.07, 6.45) is 1.04. The second-order valence-electron chi connectivity index (χ2n) is 6.42. The van der Waals surface area contributed by atoms with Crippen LogP contribution in [0, 0.1) is 13.8 Å². The molecule has 1 aromatic carbocycles. The van der Waals surface area contributed by atoms with Gasteiger partial charge in [0.2, 0.25) is 5.89 Å². The van der Waals surface area contributed by atoms with Gasteiger partial charge in [-0.1, -0.05) is 12.1 Å². The summed E-state index contributed by atoms with van der Waals surface area (Å²) >= 11 is 0. The average Bonchev–Trinajstić information content (AvgIpc) is 3.25. The molecular weight excluding hydrogens is 457 g/mol. The van der Waals surface area contributed by atoms with Gasteiger partial charge in [0.1, 0.15) is 11.5 Å². The van der Waals surface area contributed by atoms with Gasteiger partial charge in [-0.15, -0.1) is 24.0 Å². The normalized spacial score (nSPS) is 16.8. The molecule has 0 radical (unpaired) electrons. The van der Waals surface area contributed by atoms with Crippen LogP contribution in [0.2, 0.25) is 0 Å². The van der Waals surface area contributed by atoms with Crippen molar-refractivity contribution in [2.24, 2.45) is 4.99 Å². The van der Waals surface area contributed by atoms with Crippen LogP contribution in [-0.4, -0.2) is 44.2 Å². The Morgan fingerprint density at radius 3 is 2.81 bits per heavy atom. The molecule has 2 aromatic rings. The maximum absolute atomic E-state index is 5.60. The minimum absolute atomic E-state index is 0. The van der Waals surface area contributed by atoms with Crippen LogP contribution < -0.4 is 20.3 Å². The lowest BCUT2D eigenvalue weighted by molar-refractivity contribution is 0.415. The van der Waals surface area contributed by atoms with Gasteiger partial charge in [0, 0.05) is 26.2 Å². The van der Waals surface area contributed by atoms with Gasteiger partial charge in [-0.2, -0.15) is 0 Å². The zero-order valence-electron chi connectivity index (χ0n) is 16.3. The lowest BCUT2D eigenvalue weighted by atomic mass is 10.2. The Bertz CT molecular complexity index is 758. The van der Waals surface area contributed by atoms with Gasteiger partial charge in [0.05, 0.1) is 25.0 Å². The van der Waals surface area contributed by atoms with Crippen molar-refractivity contribution in [3.05, 3.63) is 41.6 Å². The molecule has 2 heterocycles. The number of benzene rings is 1. The second kappa shape index (κ2) is 9.82. The summed E-state index contributed by atoms with van der Waals surface area (Å²) in [4.78, 5) is 11.0. The average molecular weight is 485 g/mol. The van der Waals surface area contributed by atoms with E-state index in [-0.39, 0.29) is 24.0 Å². The third-order valence-electron chi connectivity index (χ3n) is 4.66. The molecule has 148 valence electrons. The number of nitrogens with zero attached hydrogens (tertiary/aromatic N) is 3. The minimum Gasteiger partial charge on any atom is -0.495 e. The Kier molecular flexibility index (Phi) is 7.76. The van der Waals surface area contributed by atoms with Crippen LogP contribution in [0.1, 0.15) is 23.8 Å². The molecule has 0 bridgehead atoms. The summed E-state index contributed by atoms with van der Waals surface area (Å²) in [5.41, 5.74) is 2.06. The number of nitrogens with one attached hydrogen (secondary N) is 2. The SMILES string of the molecule is CN=C(NCc1nc(C)c(C)o1)NC1CCN(c2ccccc2OC)C1.I. The molecule has 1 aromatic heterocycles. The molecule has 1 unspecified atom stereocenters. The summed E-state index contributed by atoms with van der Waals surface area (Å²) in [5.74, 6) is 3.19. The fraction of sp³-hybridized carbons (Fsp3) is 0.474. The van der Waals surface area contributed by atoms with Crippen molar-refractivity contribution in [2.45, 2.75) is 32.9 Å². The number of ether oxygens (including phenoxy) is 1. The number of guanidine groups is 1. The van der Waals surface area contributed by atoms with Crippen molar-refractivity contribution in [3.8, 4) is 5.75 Å². The van der Waals surface area contributed by atoms with Crippen LogP contribution in [0.3, 0.4) is 0 Å². The van der Waals surface area contributed by atoms with Gasteiger partial charge in [-0.05, 0) is 32.4 Å². The summed E-state index contributed by atoms with van der Waals surface area (Å²) < 4.78 is 11.1. The molecule has 0 saturated carbocycles. The smallest absolute Gasteiger partial charge is 0.214 e. The Hall–Kier alpha value is -1.97. The number of hydrogen-bond acceptors (Lipinski definition) is 5. The summed E-state index contributed by atoms with van der Waals surface area (Å²) in [6.45, 7) is 6.26. The highest BCUT2D eigenvalue weighted by atomic mass is 127. The molecule has 1 aliphatic rings. The Morgan fingerprint density at radius 2 is 2.15 bits per heavy atom. The zero-order chi connectivity index (χ0) is 18.5. The van der Waals surface area contributed by atoms with E-state index in [4.69, 9.17) is 9.15 Å². The van der Waals surface area contributed by atoms with E-state index < -0.39 is 0 Å². The molecule has 8 heteroatoms. The molecule has 0 aliphatic carbocycles. The molecule has 3 rings (SSSR count). The van der Waals surface area contributed by atoms with E-state index in [0.717, 1.165) is 48.4 Å². The van der Waals surface area contributed by atoms with Gasteiger partial charge >= 0.3 is 0 Å². The lowest BCUT2D eigenvalue weighted by Crippen LogP contribution is -2.44. The molecule has 1 aliphatic heterocycles. The van der Waals surface area contributed by atoms with Gasteiger partial charge in [-0.3, -0.25) is 4.99 Å². The zero-order valence-corrected chi connectivity index (χ0v) is 18.6. The molecule has 2 N–H and O–H groups in total. The number of aromatic nitrogens is 1. The van der Waals surface area contributed by atoms with Gasteiger partial charge < -0.3 is 24.7 Å². The first-order chi connectivity index (χ1) is 12.6. The summed E-state index contributed by atoms with van der Waals surface area (Å²) in [7, 11) is 3.48. The monoisotopic (exact) mass is 485 g/mol. The third kappa shape index (κ3) is 5.27. The number of aliphatic imine (C=N–C) groups is 1. The second-order valence-corrected chi connectivity index (χ2v) is 6.42. The van der Waals surface area contributed by atoms with Gasteiger partial charge in [0.25, 0.3) is 0 Å². The van der Waals surface area contributed by atoms with E-state index in [9.17, 15) is 0 Å². The van der Waals surface area contributed by atoms with E-state index in [0.29, 0.717) is 18.5 Å². The summed E-state index contributed by atoms with van der Waals surface area (Å²) in [6, 6.07) is 8.45. The van der Waals surface area contributed by atoms with E-state index in [1.54, 1.807) is 14.2 Å². The van der Waals surface area contributed by atoms with Crippen LogP contribution in [-0.2, 0) is 6.54 Å². The third-order valence-corrected chi connectivity index (χ3v) is 4.66. The molecule has 1 fully saturated rings. The predicted molar refractivity (Wildman–Crippen MR) is 118 cm³/mol. The Labute approximate surface area is 177 Å². The number of aryl methyl sites for hydroxylation is 2. The minimum atomic E-state index is 0. The molecular formula is C19H28IN5O2. The molecule has 7 nitrogen and oxygen atoms in total. The number of hydrogen-bond donors (Lipinski definition) is 2. The first kappa shape index (κ1) is 21.3. The lowest BCUT2D eigenvalue weighted by Gasteiger charge is -2.22.